The van der Waals surface area contributed by atoms with Crippen LogP contribution >= 0.6 is 0 Å². The highest BCUT2D eigenvalue weighted by molar-refractivity contribution is 4.53. The molecule has 0 fully saturated rings. The highest BCUT2D eigenvalue weighted by Gasteiger charge is 2.06. The first-order chi connectivity index (χ1) is 6.85. The van der Waals surface area contributed by atoms with Crippen LogP contribution in [0.3, 0.4) is 0 Å². The van der Waals surface area contributed by atoms with Crippen LogP contribution in [-0.4, -0.2) is 63.1 Å². The summed E-state index contributed by atoms with van der Waals surface area (Å²) < 4.78 is 15.2. The number of hydrogen-bond donors (Lipinski definition) is 2. The lowest BCUT2D eigenvalue weighted by molar-refractivity contribution is -0.0519. The lowest BCUT2D eigenvalue weighted by Gasteiger charge is -2.15. The molecular formula is C9H20O5. The highest BCUT2D eigenvalue weighted by Crippen LogP contribution is 1.94. The Morgan fingerprint density at radius 3 is 2.50 bits per heavy atom. The van der Waals surface area contributed by atoms with Crippen LogP contribution < -0.4 is 0 Å². The lowest BCUT2D eigenvalue weighted by atomic mass is 10.4. The smallest absolute Gasteiger partial charge is 0.104 e. The van der Waals surface area contributed by atoms with Crippen LogP contribution in [0.2, 0.25) is 0 Å². The summed E-state index contributed by atoms with van der Waals surface area (Å²) >= 11 is 0. The molecule has 1 atom stereocenters. The van der Waals surface area contributed by atoms with E-state index >= 15 is 0 Å². The molecule has 0 bridgehead atoms. The summed E-state index contributed by atoms with van der Waals surface area (Å²) in [5.41, 5.74) is 0. The molecule has 86 valence electrons. The first kappa shape index (κ1) is 13.8. The molecular weight excluding hydrogens is 188 g/mol. The average molecular weight is 208 g/mol. The van der Waals surface area contributed by atoms with E-state index in [4.69, 9.17) is 24.4 Å². The molecule has 0 aliphatic carbocycles. The third-order valence-electron chi connectivity index (χ3n) is 1.60. The fourth-order valence-electron chi connectivity index (χ4n) is 0.825. The second-order valence-electron chi connectivity index (χ2n) is 2.82. The van der Waals surface area contributed by atoms with E-state index in [9.17, 15) is 0 Å². The topological polar surface area (TPSA) is 68.2 Å². The van der Waals surface area contributed by atoms with E-state index in [1.165, 1.54) is 0 Å². The van der Waals surface area contributed by atoms with Gasteiger partial charge >= 0.3 is 0 Å². The van der Waals surface area contributed by atoms with E-state index in [0.29, 0.717) is 32.8 Å². The van der Waals surface area contributed by atoms with Gasteiger partial charge in [-0.15, -0.1) is 0 Å². The minimum absolute atomic E-state index is 0.0710. The van der Waals surface area contributed by atoms with Crippen molar-refractivity contribution in [1.82, 2.24) is 0 Å². The van der Waals surface area contributed by atoms with Crippen LogP contribution in [-0.2, 0) is 14.2 Å². The fourth-order valence-corrected chi connectivity index (χ4v) is 0.825. The predicted molar refractivity (Wildman–Crippen MR) is 51.2 cm³/mol. The second-order valence-corrected chi connectivity index (χ2v) is 2.82. The molecule has 0 heterocycles. The predicted octanol–water partition coefficient (Wildman–Crippen LogP) is -0.591. The fraction of sp³-hybridized carbons (Fsp3) is 1.00. The van der Waals surface area contributed by atoms with Crippen molar-refractivity contribution in [3.05, 3.63) is 0 Å². The van der Waals surface area contributed by atoms with Gasteiger partial charge in [0.15, 0.2) is 0 Å². The van der Waals surface area contributed by atoms with Gasteiger partial charge in [-0.05, 0) is 6.42 Å². The first-order valence-corrected chi connectivity index (χ1v) is 4.75. The normalized spacial score (nSPS) is 13.1. The monoisotopic (exact) mass is 208 g/mol. The Morgan fingerprint density at radius 1 is 1.14 bits per heavy atom. The number of methoxy groups -OCH3 is 1. The van der Waals surface area contributed by atoms with Crippen molar-refractivity contribution in [1.29, 1.82) is 0 Å². The zero-order chi connectivity index (χ0) is 10.6. The average Bonchev–Trinajstić information content (AvgIpc) is 2.22. The third-order valence-corrected chi connectivity index (χ3v) is 1.60. The number of aliphatic hydroxyl groups excluding tert-OH is 2. The Kier molecular flexibility index (Phi) is 10.7. The molecule has 0 radical (unpaired) electrons. The second kappa shape index (κ2) is 10.9. The molecule has 5 nitrogen and oxygen atoms in total. The summed E-state index contributed by atoms with van der Waals surface area (Å²) in [4.78, 5) is 0. The summed E-state index contributed by atoms with van der Waals surface area (Å²) in [6.45, 7) is 1.85. The van der Waals surface area contributed by atoms with Crippen molar-refractivity contribution in [2.75, 3.05) is 46.8 Å². The molecule has 5 heteroatoms. The zero-order valence-corrected chi connectivity index (χ0v) is 8.65. The van der Waals surface area contributed by atoms with E-state index in [1.54, 1.807) is 7.11 Å². The highest BCUT2D eigenvalue weighted by atomic mass is 16.5. The van der Waals surface area contributed by atoms with E-state index in [-0.39, 0.29) is 19.3 Å². The molecule has 1 unspecified atom stereocenters. The Morgan fingerprint density at radius 2 is 1.93 bits per heavy atom. The SMILES string of the molecule is COCCOCC(CO)OCCCO. The molecule has 0 aromatic rings. The van der Waals surface area contributed by atoms with Gasteiger partial charge in [0.1, 0.15) is 6.10 Å². The van der Waals surface area contributed by atoms with Gasteiger partial charge in [0.25, 0.3) is 0 Å². The minimum atomic E-state index is -0.307. The third kappa shape index (κ3) is 8.40. The van der Waals surface area contributed by atoms with Crippen LogP contribution in [0.4, 0.5) is 0 Å². The number of rotatable bonds is 10. The van der Waals surface area contributed by atoms with Gasteiger partial charge in [-0.1, -0.05) is 0 Å². The number of hydrogen-bond acceptors (Lipinski definition) is 5. The van der Waals surface area contributed by atoms with E-state index < -0.39 is 0 Å². The van der Waals surface area contributed by atoms with Crippen LogP contribution in [0.1, 0.15) is 6.42 Å². The van der Waals surface area contributed by atoms with E-state index in [0.717, 1.165) is 0 Å². The van der Waals surface area contributed by atoms with Crippen LogP contribution in [0.15, 0.2) is 0 Å². The van der Waals surface area contributed by atoms with E-state index in [1.807, 2.05) is 0 Å². The Hall–Kier alpha value is -0.200. The molecule has 0 spiro atoms. The van der Waals surface area contributed by atoms with Gasteiger partial charge in [0.05, 0.1) is 26.4 Å². The van der Waals surface area contributed by atoms with Crippen molar-refractivity contribution in [2.24, 2.45) is 0 Å². The van der Waals surface area contributed by atoms with Gasteiger partial charge < -0.3 is 24.4 Å². The maximum atomic E-state index is 8.88. The van der Waals surface area contributed by atoms with Gasteiger partial charge in [0, 0.05) is 20.3 Å². The van der Waals surface area contributed by atoms with Crippen LogP contribution in [0.5, 0.6) is 0 Å². The van der Waals surface area contributed by atoms with Gasteiger partial charge in [-0.2, -0.15) is 0 Å². The van der Waals surface area contributed by atoms with Gasteiger partial charge in [-0.3, -0.25) is 0 Å². The summed E-state index contributed by atoms with van der Waals surface area (Å²) in [7, 11) is 1.60. The van der Waals surface area contributed by atoms with Crippen molar-refractivity contribution >= 4 is 0 Å². The standard InChI is InChI=1S/C9H20O5/c1-12-5-6-13-8-9(7-11)14-4-2-3-10/h9-11H,2-8H2,1H3. The molecule has 14 heavy (non-hydrogen) atoms. The lowest BCUT2D eigenvalue weighted by Crippen LogP contribution is -2.25. The Bertz CT molecular complexity index is 109. The Balaban J connectivity index is 3.28. The first-order valence-electron chi connectivity index (χ1n) is 4.75. The molecule has 0 aromatic carbocycles. The van der Waals surface area contributed by atoms with Crippen LogP contribution in [0.25, 0.3) is 0 Å². The van der Waals surface area contributed by atoms with Crippen LogP contribution in [0, 0.1) is 0 Å². The number of ether oxygens (including phenoxy) is 3. The molecule has 0 saturated heterocycles. The van der Waals surface area contributed by atoms with Crippen molar-refractivity contribution in [2.45, 2.75) is 12.5 Å². The zero-order valence-electron chi connectivity index (χ0n) is 8.65. The van der Waals surface area contributed by atoms with Crippen molar-refractivity contribution in [3.63, 3.8) is 0 Å². The largest absolute Gasteiger partial charge is 0.396 e. The molecule has 0 aliphatic heterocycles. The summed E-state index contributed by atoms with van der Waals surface area (Å²) in [5.74, 6) is 0. The minimum Gasteiger partial charge on any atom is -0.396 e. The Labute approximate surface area is 84.6 Å². The molecule has 2 N–H and O–H groups in total. The maximum Gasteiger partial charge on any atom is 0.104 e. The van der Waals surface area contributed by atoms with Crippen molar-refractivity contribution in [3.8, 4) is 0 Å². The van der Waals surface area contributed by atoms with Gasteiger partial charge in [0.2, 0.25) is 0 Å². The number of aliphatic hydroxyl groups is 2. The maximum absolute atomic E-state index is 8.88. The van der Waals surface area contributed by atoms with E-state index in [2.05, 4.69) is 0 Å². The molecule has 0 amide bonds. The summed E-state index contributed by atoms with van der Waals surface area (Å²) in [5, 5.41) is 17.4. The molecule has 0 aromatic heterocycles. The quantitative estimate of drug-likeness (QED) is 0.470. The molecule has 0 rings (SSSR count). The van der Waals surface area contributed by atoms with Crippen molar-refractivity contribution < 1.29 is 24.4 Å². The molecule has 0 aliphatic rings. The summed E-state index contributed by atoms with van der Waals surface area (Å²) in [6, 6.07) is 0. The molecule has 0 saturated carbocycles. The van der Waals surface area contributed by atoms with Gasteiger partial charge in [-0.25, -0.2) is 0 Å². The summed E-state index contributed by atoms with van der Waals surface area (Å²) in [6.07, 6.45) is 0.271.